The van der Waals surface area contributed by atoms with Gasteiger partial charge in [0.15, 0.2) is 0 Å². The Labute approximate surface area is 216 Å². The second-order valence-electron chi connectivity index (χ2n) is 13.2. The fraction of sp³-hybridized carbons (Fsp3) is 0.486. The van der Waals surface area contributed by atoms with Crippen molar-refractivity contribution in [1.29, 1.82) is 0 Å². The van der Waals surface area contributed by atoms with Gasteiger partial charge in [-0.25, -0.2) is 0 Å². The van der Waals surface area contributed by atoms with Gasteiger partial charge in [0.2, 0.25) is 0 Å². The van der Waals surface area contributed by atoms with Crippen LogP contribution in [0.3, 0.4) is 0 Å². The molecular formula is C35H47. The maximum absolute atomic E-state index is 3.99. The molecule has 35 heavy (non-hydrogen) atoms. The Morgan fingerprint density at radius 3 is 1.60 bits per heavy atom. The van der Waals surface area contributed by atoms with E-state index in [9.17, 15) is 0 Å². The summed E-state index contributed by atoms with van der Waals surface area (Å²) in [7, 11) is 0. The van der Waals surface area contributed by atoms with E-state index in [2.05, 4.69) is 138 Å². The van der Waals surface area contributed by atoms with Crippen LogP contribution < -0.4 is 0 Å². The minimum atomic E-state index is 0.0226. The van der Waals surface area contributed by atoms with E-state index in [4.69, 9.17) is 0 Å². The zero-order valence-electron chi connectivity index (χ0n) is 24.4. The van der Waals surface area contributed by atoms with Gasteiger partial charge in [-0.05, 0) is 84.7 Å². The summed E-state index contributed by atoms with van der Waals surface area (Å²) >= 11 is 0. The monoisotopic (exact) mass is 467 g/mol. The summed E-state index contributed by atoms with van der Waals surface area (Å²) in [6, 6.07) is 22.2. The van der Waals surface area contributed by atoms with E-state index >= 15 is 0 Å². The van der Waals surface area contributed by atoms with Crippen LogP contribution in [0, 0.1) is 6.07 Å². The van der Waals surface area contributed by atoms with Crippen molar-refractivity contribution in [3.05, 3.63) is 82.4 Å². The predicted molar refractivity (Wildman–Crippen MR) is 156 cm³/mol. The summed E-state index contributed by atoms with van der Waals surface area (Å²) in [4.78, 5) is 0. The molecule has 0 atom stereocenters. The largest absolute Gasteiger partial charge is 0.0622 e. The molecule has 0 amide bonds. The van der Waals surface area contributed by atoms with Crippen LogP contribution >= 0.6 is 0 Å². The Hall–Kier alpha value is -2.34. The first-order valence-corrected chi connectivity index (χ1v) is 13.5. The van der Waals surface area contributed by atoms with Crippen LogP contribution in [0.15, 0.2) is 48.5 Å². The summed E-state index contributed by atoms with van der Waals surface area (Å²) in [5.74, 6) is 1.27. The van der Waals surface area contributed by atoms with Crippen LogP contribution in [0.5, 0.6) is 0 Å². The van der Waals surface area contributed by atoms with Crippen LogP contribution in [0.1, 0.15) is 129 Å². The number of hydrogen-bond acceptors (Lipinski definition) is 0. The molecule has 0 heteroatoms. The van der Waals surface area contributed by atoms with Gasteiger partial charge in [-0.1, -0.05) is 132 Å². The molecule has 3 aromatic rings. The predicted octanol–water partition coefficient (Wildman–Crippen LogP) is 10.8. The molecule has 0 unspecified atom stereocenters. The molecule has 0 nitrogen and oxygen atoms in total. The highest BCUT2D eigenvalue weighted by Crippen LogP contribution is 2.47. The Balaban J connectivity index is 2.52. The molecule has 0 saturated heterocycles. The smallest absolute Gasteiger partial charge is 0.00555 e. The zero-order chi connectivity index (χ0) is 26.3. The van der Waals surface area contributed by atoms with Gasteiger partial charge in [-0.3, -0.25) is 0 Å². The van der Waals surface area contributed by atoms with E-state index in [0.717, 1.165) is 0 Å². The third kappa shape index (κ3) is 5.58. The summed E-state index contributed by atoms with van der Waals surface area (Å²) in [6.45, 7) is 28.0. The molecule has 0 aliphatic carbocycles. The lowest BCUT2D eigenvalue weighted by Crippen LogP contribution is -2.22. The van der Waals surface area contributed by atoms with Gasteiger partial charge in [0, 0.05) is 0 Å². The molecule has 0 saturated carbocycles. The van der Waals surface area contributed by atoms with Crippen molar-refractivity contribution in [3.8, 4) is 22.3 Å². The molecule has 0 aromatic heterocycles. The highest BCUT2D eigenvalue weighted by Gasteiger charge is 2.29. The average Bonchev–Trinajstić information content (AvgIpc) is 2.76. The van der Waals surface area contributed by atoms with Gasteiger partial charge in [0.1, 0.15) is 0 Å². The van der Waals surface area contributed by atoms with E-state index < -0.39 is 0 Å². The lowest BCUT2D eigenvalue weighted by atomic mass is 9.72. The molecule has 1 radical (unpaired) electrons. The normalized spacial score (nSPS) is 12.8. The minimum absolute atomic E-state index is 0.0226. The first-order valence-electron chi connectivity index (χ1n) is 13.5. The Morgan fingerprint density at radius 2 is 1.14 bits per heavy atom. The van der Waals surface area contributed by atoms with Crippen molar-refractivity contribution in [1.82, 2.24) is 0 Å². The average molecular weight is 468 g/mol. The summed E-state index contributed by atoms with van der Waals surface area (Å²) in [5, 5.41) is 0. The number of hydrogen-bond donors (Lipinski definition) is 0. The second-order valence-corrected chi connectivity index (χ2v) is 13.2. The molecule has 3 rings (SSSR count). The topological polar surface area (TPSA) is 0 Å². The highest BCUT2D eigenvalue weighted by atomic mass is 14.3. The molecule has 0 N–H and O–H groups in total. The van der Waals surface area contributed by atoms with Crippen LogP contribution in [-0.2, 0) is 10.8 Å². The van der Waals surface area contributed by atoms with Crippen molar-refractivity contribution in [2.75, 3.05) is 0 Å². The van der Waals surface area contributed by atoms with Gasteiger partial charge in [-0.2, -0.15) is 0 Å². The minimum Gasteiger partial charge on any atom is -0.0622 e. The molecule has 3 aromatic carbocycles. The van der Waals surface area contributed by atoms with Gasteiger partial charge in [0.05, 0.1) is 0 Å². The molecule has 0 fully saturated rings. The highest BCUT2D eigenvalue weighted by molar-refractivity contribution is 5.85. The third-order valence-electron chi connectivity index (χ3n) is 7.08. The van der Waals surface area contributed by atoms with Crippen molar-refractivity contribution >= 4 is 0 Å². The maximum Gasteiger partial charge on any atom is -0.00555 e. The van der Waals surface area contributed by atoms with Crippen molar-refractivity contribution < 1.29 is 0 Å². The molecule has 0 aliphatic heterocycles. The lowest BCUT2D eigenvalue weighted by Gasteiger charge is -2.32. The molecular weight excluding hydrogens is 420 g/mol. The molecule has 0 bridgehead atoms. The molecule has 0 spiro atoms. The van der Waals surface area contributed by atoms with Crippen LogP contribution in [-0.4, -0.2) is 0 Å². The zero-order valence-corrected chi connectivity index (χ0v) is 24.4. The summed E-state index contributed by atoms with van der Waals surface area (Å²) < 4.78 is 0. The molecule has 0 heterocycles. The van der Waals surface area contributed by atoms with Crippen molar-refractivity contribution in [3.63, 3.8) is 0 Å². The fourth-order valence-corrected chi connectivity index (χ4v) is 5.32. The van der Waals surface area contributed by atoms with Crippen molar-refractivity contribution in [2.24, 2.45) is 0 Å². The number of benzene rings is 3. The Morgan fingerprint density at radius 1 is 0.600 bits per heavy atom. The van der Waals surface area contributed by atoms with Crippen LogP contribution in [0.4, 0.5) is 0 Å². The third-order valence-corrected chi connectivity index (χ3v) is 7.08. The SMILES string of the molecule is CC(C)c1cc(C(C)C)c(-c2ccccc2)c(C(C)C)c1-c1[c]c(C(C)(C)C)c(C(C)(C)C)cc1. The molecule has 0 aliphatic rings. The maximum atomic E-state index is 3.99. The second kappa shape index (κ2) is 9.96. The Kier molecular flexibility index (Phi) is 7.76. The van der Waals surface area contributed by atoms with E-state index in [-0.39, 0.29) is 10.8 Å². The van der Waals surface area contributed by atoms with Crippen molar-refractivity contribution in [2.45, 2.75) is 112 Å². The van der Waals surface area contributed by atoms with E-state index in [1.165, 1.54) is 50.1 Å². The number of rotatable bonds is 5. The fourth-order valence-electron chi connectivity index (χ4n) is 5.32. The van der Waals surface area contributed by atoms with Crippen LogP contribution in [0.25, 0.3) is 22.3 Å². The first-order chi connectivity index (χ1) is 16.1. The van der Waals surface area contributed by atoms with E-state index in [1.807, 2.05) is 0 Å². The quantitative estimate of drug-likeness (QED) is 0.350. The van der Waals surface area contributed by atoms with Crippen LogP contribution in [0.2, 0.25) is 0 Å². The Bertz CT molecular complexity index is 1160. The summed E-state index contributed by atoms with van der Waals surface area (Å²) in [6.07, 6.45) is 0. The molecule has 187 valence electrons. The van der Waals surface area contributed by atoms with E-state index in [0.29, 0.717) is 17.8 Å². The van der Waals surface area contributed by atoms with E-state index in [1.54, 1.807) is 0 Å². The standard InChI is InChI=1S/C35H47/c1-22(2)27-21-28(23(3)4)33(31(24(5)6)32(27)25-16-14-13-15-17-25)26-18-19-29(34(7,8)9)30(20-26)35(10,11)12/h13-19,21-24H,1-12H3. The van der Waals surface area contributed by atoms with Gasteiger partial charge in [-0.15, -0.1) is 0 Å². The van der Waals surface area contributed by atoms with Gasteiger partial charge < -0.3 is 0 Å². The van der Waals surface area contributed by atoms with Gasteiger partial charge >= 0.3 is 0 Å². The first kappa shape index (κ1) is 27.3. The lowest BCUT2D eigenvalue weighted by molar-refractivity contribution is 0.529. The summed E-state index contributed by atoms with van der Waals surface area (Å²) in [5.41, 5.74) is 12.6. The van der Waals surface area contributed by atoms with Gasteiger partial charge in [0.25, 0.3) is 0 Å².